The summed E-state index contributed by atoms with van der Waals surface area (Å²) < 4.78 is -1.58. The Morgan fingerprint density at radius 1 is 1.29 bits per heavy atom. The number of halogens is 4. The van der Waals surface area contributed by atoms with Crippen molar-refractivity contribution in [2.24, 2.45) is 0 Å². The Kier molecular flexibility index (Phi) is 2.52. The molecule has 2 aromatic rings. The number of H-pyrrole nitrogens is 1. The molecule has 0 aliphatic heterocycles. The van der Waals surface area contributed by atoms with Crippen LogP contribution in [-0.4, -0.2) is 15.0 Å². The number of aromatic nitrogens is 3. The molecule has 14 heavy (non-hydrogen) atoms. The molecule has 74 valence electrons. The van der Waals surface area contributed by atoms with E-state index < -0.39 is 3.79 Å². The molecular formula is C7H3Cl4N3. The highest BCUT2D eigenvalue weighted by atomic mass is 35.6. The fourth-order valence-corrected chi connectivity index (χ4v) is 1.51. The maximum absolute atomic E-state index is 5.80. The third kappa shape index (κ3) is 1.77. The van der Waals surface area contributed by atoms with Crippen molar-refractivity contribution in [2.75, 3.05) is 0 Å². The fourth-order valence-electron chi connectivity index (χ4n) is 1.04. The largest absolute Gasteiger partial charge is 0.338 e. The van der Waals surface area contributed by atoms with E-state index in [4.69, 9.17) is 46.4 Å². The topological polar surface area (TPSA) is 41.6 Å². The summed E-state index contributed by atoms with van der Waals surface area (Å²) in [6.07, 6.45) is 1.55. The van der Waals surface area contributed by atoms with Crippen LogP contribution in [0.25, 0.3) is 11.0 Å². The highest BCUT2D eigenvalue weighted by Crippen LogP contribution is 2.37. The average Bonchev–Trinajstić information content (AvgIpc) is 2.48. The van der Waals surface area contributed by atoms with Crippen LogP contribution in [0.3, 0.4) is 0 Å². The highest BCUT2D eigenvalue weighted by molar-refractivity contribution is 6.66. The molecule has 1 N–H and O–H groups in total. The molecule has 0 unspecified atom stereocenters. The number of nitrogens with one attached hydrogen (secondary N) is 1. The monoisotopic (exact) mass is 269 g/mol. The number of fused-ring (bicyclic) bond motifs is 1. The van der Waals surface area contributed by atoms with Gasteiger partial charge in [0.25, 0.3) is 0 Å². The van der Waals surface area contributed by atoms with Crippen LogP contribution in [-0.2, 0) is 3.79 Å². The molecule has 0 radical (unpaired) electrons. The Hall–Kier alpha value is -0.220. The second-order valence-electron chi connectivity index (χ2n) is 2.58. The minimum absolute atomic E-state index is 0.229. The first-order valence-electron chi connectivity index (χ1n) is 3.56. The Morgan fingerprint density at radius 2 is 2.00 bits per heavy atom. The highest BCUT2D eigenvalue weighted by Gasteiger charge is 2.27. The Balaban J connectivity index is 2.69. The molecule has 0 spiro atoms. The van der Waals surface area contributed by atoms with Crippen molar-refractivity contribution in [3.63, 3.8) is 0 Å². The zero-order valence-electron chi connectivity index (χ0n) is 6.56. The first-order valence-corrected chi connectivity index (χ1v) is 5.07. The van der Waals surface area contributed by atoms with Crippen molar-refractivity contribution in [3.05, 3.63) is 23.2 Å². The lowest BCUT2D eigenvalue weighted by Crippen LogP contribution is -2.02. The molecule has 0 amide bonds. The van der Waals surface area contributed by atoms with Crippen LogP contribution in [0.1, 0.15) is 5.82 Å². The Bertz CT molecular complexity index is 473. The van der Waals surface area contributed by atoms with E-state index >= 15 is 0 Å². The lowest BCUT2D eigenvalue weighted by atomic mass is 10.4. The number of hydrogen-bond donors (Lipinski definition) is 1. The number of nitrogens with zero attached hydrogens (tertiary/aromatic N) is 2. The third-order valence-corrected chi connectivity index (χ3v) is 2.44. The second kappa shape index (κ2) is 3.42. The maximum Gasteiger partial charge on any atom is 0.248 e. The lowest BCUT2D eigenvalue weighted by molar-refractivity contribution is 1.05. The van der Waals surface area contributed by atoms with Crippen molar-refractivity contribution < 1.29 is 0 Å². The van der Waals surface area contributed by atoms with E-state index in [-0.39, 0.29) is 11.0 Å². The molecule has 2 rings (SSSR count). The van der Waals surface area contributed by atoms with Crippen molar-refractivity contribution in [2.45, 2.75) is 3.79 Å². The number of aromatic amines is 1. The van der Waals surface area contributed by atoms with Gasteiger partial charge in [0.15, 0.2) is 11.0 Å². The molecule has 2 aromatic heterocycles. The predicted octanol–water partition coefficient (Wildman–Crippen LogP) is 3.44. The molecular weight excluding hydrogens is 268 g/mol. The fraction of sp³-hybridized carbons (Fsp3) is 0.143. The first kappa shape index (κ1) is 10.3. The van der Waals surface area contributed by atoms with E-state index in [0.29, 0.717) is 11.0 Å². The van der Waals surface area contributed by atoms with Gasteiger partial charge in [-0.1, -0.05) is 46.4 Å². The summed E-state index contributed by atoms with van der Waals surface area (Å²) in [6, 6.07) is 1.70. The SMILES string of the molecule is Clc1nccc2[nH]c(C(Cl)(Cl)Cl)nc12. The normalized spacial score (nSPS) is 12.3. The van der Waals surface area contributed by atoms with Crippen LogP contribution >= 0.6 is 46.4 Å². The van der Waals surface area contributed by atoms with Crippen molar-refractivity contribution in [3.8, 4) is 0 Å². The van der Waals surface area contributed by atoms with Gasteiger partial charge < -0.3 is 4.98 Å². The first-order chi connectivity index (χ1) is 6.48. The summed E-state index contributed by atoms with van der Waals surface area (Å²) in [7, 11) is 0. The van der Waals surface area contributed by atoms with Crippen molar-refractivity contribution in [1.82, 2.24) is 15.0 Å². The molecule has 0 atom stereocenters. The molecule has 0 aromatic carbocycles. The van der Waals surface area contributed by atoms with Gasteiger partial charge in [0, 0.05) is 6.20 Å². The zero-order chi connectivity index (χ0) is 10.3. The summed E-state index contributed by atoms with van der Waals surface area (Å²) in [5.41, 5.74) is 1.18. The van der Waals surface area contributed by atoms with Gasteiger partial charge in [0.1, 0.15) is 5.52 Å². The molecule has 0 aliphatic rings. The number of imidazole rings is 1. The molecule has 0 bridgehead atoms. The number of hydrogen-bond acceptors (Lipinski definition) is 2. The van der Waals surface area contributed by atoms with Crippen LogP contribution in [0, 0.1) is 0 Å². The smallest absolute Gasteiger partial charge is 0.248 e. The summed E-state index contributed by atoms with van der Waals surface area (Å²) in [5.74, 6) is 0.229. The Labute approximate surface area is 99.3 Å². The summed E-state index contributed by atoms with van der Waals surface area (Å²) in [6.45, 7) is 0. The molecule has 0 aliphatic carbocycles. The number of alkyl halides is 3. The van der Waals surface area contributed by atoms with Crippen LogP contribution in [0.5, 0.6) is 0 Å². The van der Waals surface area contributed by atoms with Crippen molar-refractivity contribution in [1.29, 1.82) is 0 Å². The molecule has 0 saturated heterocycles. The van der Waals surface area contributed by atoms with Crippen LogP contribution in [0.15, 0.2) is 12.3 Å². The average molecular weight is 271 g/mol. The van der Waals surface area contributed by atoms with Crippen LogP contribution < -0.4 is 0 Å². The van der Waals surface area contributed by atoms with Gasteiger partial charge >= 0.3 is 0 Å². The number of rotatable bonds is 0. The van der Waals surface area contributed by atoms with E-state index in [2.05, 4.69) is 15.0 Å². The standard InChI is InChI=1S/C7H3Cl4N3/c8-5-4-3(1-2-12-5)13-6(14-4)7(9,10)11/h1-2H,(H,13,14). The van der Waals surface area contributed by atoms with E-state index in [1.54, 1.807) is 12.3 Å². The van der Waals surface area contributed by atoms with Gasteiger partial charge in [-0.15, -0.1) is 0 Å². The second-order valence-corrected chi connectivity index (χ2v) is 5.22. The summed E-state index contributed by atoms with van der Waals surface area (Å²) in [5, 5.41) is 0.277. The summed E-state index contributed by atoms with van der Waals surface area (Å²) in [4.78, 5) is 10.7. The summed E-state index contributed by atoms with van der Waals surface area (Å²) >= 11 is 22.8. The third-order valence-electron chi connectivity index (χ3n) is 1.62. The van der Waals surface area contributed by atoms with Gasteiger partial charge in [-0.3, -0.25) is 0 Å². The molecule has 2 heterocycles. The van der Waals surface area contributed by atoms with Gasteiger partial charge in [-0.2, -0.15) is 0 Å². The number of pyridine rings is 1. The molecule has 0 fully saturated rings. The van der Waals surface area contributed by atoms with Crippen LogP contribution in [0.2, 0.25) is 5.15 Å². The lowest BCUT2D eigenvalue weighted by Gasteiger charge is -2.04. The zero-order valence-corrected chi connectivity index (χ0v) is 9.58. The van der Waals surface area contributed by atoms with Gasteiger partial charge in [0.05, 0.1) is 5.52 Å². The van der Waals surface area contributed by atoms with E-state index in [1.807, 2.05) is 0 Å². The van der Waals surface area contributed by atoms with Gasteiger partial charge in [-0.25, -0.2) is 9.97 Å². The quantitative estimate of drug-likeness (QED) is 0.589. The van der Waals surface area contributed by atoms with Gasteiger partial charge in [-0.05, 0) is 6.07 Å². The van der Waals surface area contributed by atoms with E-state index in [0.717, 1.165) is 0 Å². The van der Waals surface area contributed by atoms with Gasteiger partial charge in [0.2, 0.25) is 3.79 Å². The van der Waals surface area contributed by atoms with E-state index in [1.165, 1.54) is 0 Å². The minimum Gasteiger partial charge on any atom is -0.338 e. The Morgan fingerprint density at radius 3 is 2.57 bits per heavy atom. The van der Waals surface area contributed by atoms with Crippen LogP contribution in [0.4, 0.5) is 0 Å². The predicted molar refractivity (Wildman–Crippen MR) is 58.1 cm³/mol. The minimum atomic E-state index is -1.58. The van der Waals surface area contributed by atoms with Crippen molar-refractivity contribution >= 4 is 57.4 Å². The molecule has 3 nitrogen and oxygen atoms in total. The van der Waals surface area contributed by atoms with E-state index in [9.17, 15) is 0 Å². The molecule has 0 saturated carbocycles. The molecule has 7 heteroatoms. The maximum atomic E-state index is 5.80.